The Labute approximate surface area is 186 Å². The maximum absolute atomic E-state index is 13.9. The van der Waals surface area contributed by atoms with E-state index in [0.29, 0.717) is 6.42 Å². The maximum Gasteiger partial charge on any atom is 0.222 e. The summed E-state index contributed by atoms with van der Waals surface area (Å²) in [5.41, 5.74) is 1.89. The summed E-state index contributed by atoms with van der Waals surface area (Å²) < 4.78 is 13.9. The van der Waals surface area contributed by atoms with E-state index >= 15 is 0 Å². The summed E-state index contributed by atoms with van der Waals surface area (Å²) in [7, 11) is 2.11. The van der Waals surface area contributed by atoms with E-state index in [0.717, 1.165) is 56.8 Å². The molecule has 0 spiro atoms. The van der Waals surface area contributed by atoms with Gasteiger partial charge in [-0.1, -0.05) is 0 Å². The Kier molecular flexibility index (Phi) is 12.3. The molecule has 2 fully saturated rings. The van der Waals surface area contributed by atoms with Gasteiger partial charge in [0.05, 0.1) is 6.04 Å². The van der Waals surface area contributed by atoms with Crippen molar-refractivity contribution in [3.05, 3.63) is 29.6 Å². The van der Waals surface area contributed by atoms with E-state index in [1.807, 2.05) is 13.0 Å². The average Bonchev–Trinajstić information content (AvgIpc) is 3.08. The topological polar surface area (TPSA) is 47.6 Å². The molecule has 1 amide bonds. The van der Waals surface area contributed by atoms with E-state index in [1.54, 1.807) is 6.07 Å². The second-order valence-corrected chi connectivity index (χ2v) is 7.28. The molecule has 9 heteroatoms. The second-order valence-electron chi connectivity index (χ2n) is 7.28. The van der Waals surface area contributed by atoms with Crippen LogP contribution in [0.25, 0.3) is 0 Å². The number of carbonyl (C=O) groups is 1. The van der Waals surface area contributed by atoms with Crippen molar-refractivity contribution in [2.24, 2.45) is 0 Å². The highest BCUT2D eigenvalue weighted by atomic mass is 35.5. The number of benzene rings is 1. The molecule has 2 aliphatic heterocycles. The number of nitrogens with zero attached hydrogens (tertiary/aromatic N) is 2. The number of anilines is 1. The molecular weight excluding hydrogens is 426 g/mol. The summed E-state index contributed by atoms with van der Waals surface area (Å²) in [4.78, 5) is 16.9. The van der Waals surface area contributed by atoms with Crippen molar-refractivity contribution in [3.8, 4) is 0 Å². The predicted octanol–water partition coefficient (Wildman–Crippen LogP) is 3.16. The van der Waals surface area contributed by atoms with Gasteiger partial charge < -0.3 is 20.4 Å². The lowest BCUT2D eigenvalue weighted by molar-refractivity contribution is -0.122. The minimum atomic E-state index is -0.258. The molecule has 0 aromatic heterocycles. The van der Waals surface area contributed by atoms with Gasteiger partial charge in [-0.2, -0.15) is 0 Å². The molecule has 2 N–H and O–H groups in total. The lowest BCUT2D eigenvalue weighted by Crippen LogP contribution is -2.45. The van der Waals surface area contributed by atoms with Crippen LogP contribution in [0, 0.1) is 5.82 Å². The van der Waals surface area contributed by atoms with Gasteiger partial charge in [-0.25, -0.2) is 4.39 Å². The number of piperazine rings is 1. The van der Waals surface area contributed by atoms with Crippen LogP contribution in [0.2, 0.25) is 0 Å². The highest BCUT2D eigenvalue weighted by molar-refractivity contribution is 5.86. The first-order valence-corrected chi connectivity index (χ1v) is 9.28. The summed E-state index contributed by atoms with van der Waals surface area (Å²) in [6, 6.07) is 4.98. The summed E-state index contributed by atoms with van der Waals surface area (Å²) in [6.45, 7) is 6.75. The molecule has 28 heavy (non-hydrogen) atoms. The van der Waals surface area contributed by atoms with Gasteiger partial charge in [0.2, 0.25) is 5.91 Å². The van der Waals surface area contributed by atoms with Crippen LogP contribution < -0.4 is 15.5 Å². The predicted molar refractivity (Wildman–Crippen MR) is 120 cm³/mol. The minimum absolute atomic E-state index is 0. The zero-order valence-electron chi connectivity index (χ0n) is 16.4. The molecule has 0 radical (unpaired) electrons. The first-order chi connectivity index (χ1) is 12.0. The van der Waals surface area contributed by atoms with Crippen molar-refractivity contribution in [1.29, 1.82) is 0 Å². The number of halogens is 4. The summed E-state index contributed by atoms with van der Waals surface area (Å²) in [5, 5.41) is 6.40. The molecule has 0 aliphatic carbocycles. The minimum Gasteiger partial charge on any atom is -0.369 e. The number of carbonyl (C=O) groups excluding carboxylic acids is 1. The molecule has 2 saturated heterocycles. The second kappa shape index (κ2) is 12.7. The van der Waals surface area contributed by atoms with Crippen molar-refractivity contribution in [2.75, 3.05) is 44.7 Å². The smallest absolute Gasteiger partial charge is 0.222 e. The Morgan fingerprint density at radius 2 is 1.93 bits per heavy atom. The summed E-state index contributed by atoms with van der Waals surface area (Å²) in [5.74, 6) is -0.230. The van der Waals surface area contributed by atoms with Crippen molar-refractivity contribution < 1.29 is 9.18 Å². The molecular formula is C19H32Cl3FN4O. The van der Waals surface area contributed by atoms with E-state index < -0.39 is 0 Å². The molecule has 1 aromatic rings. The van der Waals surface area contributed by atoms with Crippen LogP contribution in [0.1, 0.15) is 37.8 Å². The van der Waals surface area contributed by atoms with Crippen LogP contribution in [-0.2, 0) is 4.79 Å². The molecule has 162 valence electrons. The highest BCUT2D eigenvalue weighted by Gasteiger charge is 2.23. The average molecular weight is 458 g/mol. The van der Waals surface area contributed by atoms with Crippen molar-refractivity contribution in [1.82, 2.24) is 15.5 Å². The van der Waals surface area contributed by atoms with Crippen LogP contribution in [0.3, 0.4) is 0 Å². The van der Waals surface area contributed by atoms with Crippen LogP contribution in [0.5, 0.6) is 0 Å². The van der Waals surface area contributed by atoms with E-state index in [9.17, 15) is 9.18 Å². The SMILES string of the molecule is CC(NC(=O)CC1CCCN1)c1cc(F)ccc1N1CCN(C)CC1.Cl.Cl.Cl. The van der Waals surface area contributed by atoms with Gasteiger partial charge in [0, 0.05) is 49.9 Å². The number of nitrogens with one attached hydrogen (secondary N) is 2. The Morgan fingerprint density at radius 1 is 1.25 bits per heavy atom. The van der Waals surface area contributed by atoms with Gasteiger partial charge in [-0.15, -0.1) is 37.2 Å². The maximum atomic E-state index is 13.9. The van der Waals surface area contributed by atoms with E-state index in [1.165, 1.54) is 6.07 Å². The number of hydrogen-bond donors (Lipinski definition) is 2. The van der Waals surface area contributed by atoms with Crippen molar-refractivity contribution in [3.63, 3.8) is 0 Å². The van der Waals surface area contributed by atoms with Gasteiger partial charge in [0.15, 0.2) is 0 Å². The Hall–Kier alpha value is -0.790. The monoisotopic (exact) mass is 456 g/mol. The van der Waals surface area contributed by atoms with Gasteiger partial charge >= 0.3 is 0 Å². The van der Waals surface area contributed by atoms with E-state index in [-0.39, 0.29) is 61.0 Å². The normalized spacial score (nSPS) is 20.4. The van der Waals surface area contributed by atoms with E-state index in [2.05, 4.69) is 27.5 Å². The third kappa shape index (κ3) is 7.23. The Balaban J connectivity index is 0.00000243. The molecule has 2 atom stereocenters. The Morgan fingerprint density at radius 3 is 2.54 bits per heavy atom. The van der Waals surface area contributed by atoms with Gasteiger partial charge in [-0.05, 0) is 51.6 Å². The fraction of sp³-hybridized carbons (Fsp3) is 0.632. The van der Waals surface area contributed by atoms with Crippen LogP contribution in [0.4, 0.5) is 10.1 Å². The molecule has 1 aromatic carbocycles. The number of amides is 1. The highest BCUT2D eigenvalue weighted by Crippen LogP contribution is 2.28. The molecule has 2 heterocycles. The molecule has 2 aliphatic rings. The molecule has 5 nitrogen and oxygen atoms in total. The molecule has 0 saturated carbocycles. The lowest BCUT2D eigenvalue weighted by Gasteiger charge is -2.36. The molecule has 2 unspecified atom stereocenters. The zero-order valence-corrected chi connectivity index (χ0v) is 18.9. The van der Waals surface area contributed by atoms with Crippen molar-refractivity contribution in [2.45, 2.75) is 38.3 Å². The molecule has 0 bridgehead atoms. The first-order valence-electron chi connectivity index (χ1n) is 9.28. The van der Waals surface area contributed by atoms with Crippen molar-refractivity contribution >= 4 is 48.8 Å². The van der Waals surface area contributed by atoms with Gasteiger partial charge in [-0.3, -0.25) is 4.79 Å². The quantitative estimate of drug-likeness (QED) is 0.713. The van der Waals surface area contributed by atoms with E-state index in [4.69, 9.17) is 0 Å². The third-order valence-electron chi connectivity index (χ3n) is 5.27. The third-order valence-corrected chi connectivity index (χ3v) is 5.27. The lowest BCUT2D eigenvalue weighted by atomic mass is 10.0. The molecule has 3 rings (SSSR count). The fourth-order valence-corrected chi connectivity index (χ4v) is 3.74. The standard InChI is InChI=1S/C19H29FN4O.3ClH/c1-14(22-19(25)13-16-4-3-7-21-16)17-12-15(20)5-6-18(17)24-10-8-23(2)9-11-24;;;/h5-6,12,14,16,21H,3-4,7-11,13H2,1-2H3,(H,22,25);3*1H. The first kappa shape index (κ1) is 27.2. The van der Waals surface area contributed by atoms with Gasteiger partial charge in [0.25, 0.3) is 0 Å². The van der Waals surface area contributed by atoms with Crippen LogP contribution in [-0.4, -0.2) is 56.6 Å². The van der Waals surface area contributed by atoms with Crippen LogP contribution in [0.15, 0.2) is 18.2 Å². The number of rotatable bonds is 5. The largest absolute Gasteiger partial charge is 0.369 e. The summed E-state index contributed by atoms with van der Waals surface area (Å²) in [6.07, 6.45) is 2.67. The Bertz CT molecular complexity index is 609. The number of hydrogen-bond acceptors (Lipinski definition) is 4. The summed E-state index contributed by atoms with van der Waals surface area (Å²) >= 11 is 0. The fourth-order valence-electron chi connectivity index (χ4n) is 3.74. The zero-order chi connectivity index (χ0) is 17.8. The van der Waals surface area contributed by atoms with Gasteiger partial charge in [0.1, 0.15) is 5.82 Å². The number of likely N-dealkylation sites (N-methyl/N-ethyl adjacent to an activating group) is 1. The van der Waals surface area contributed by atoms with Crippen LogP contribution >= 0.6 is 37.2 Å².